The summed E-state index contributed by atoms with van der Waals surface area (Å²) in [7, 11) is 0. The summed E-state index contributed by atoms with van der Waals surface area (Å²) in [4.78, 5) is 25.2. The van der Waals surface area contributed by atoms with Crippen molar-refractivity contribution in [2.24, 2.45) is 5.92 Å². The topological polar surface area (TPSA) is 57.6 Å². The van der Waals surface area contributed by atoms with Crippen LogP contribution in [0.2, 0.25) is 0 Å². The summed E-state index contributed by atoms with van der Waals surface area (Å²) in [5, 5.41) is 9.06. The van der Waals surface area contributed by atoms with Crippen molar-refractivity contribution in [3.05, 3.63) is 12.2 Å². The highest BCUT2D eigenvalue weighted by Crippen LogP contribution is 2.18. The first kappa shape index (κ1) is 23.7. The number of carbonyl (C=O) groups excluding carboxylic acids is 1. The van der Waals surface area contributed by atoms with Crippen molar-refractivity contribution in [3.63, 3.8) is 0 Å². The highest BCUT2D eigenvalue weighted by atomic mass is 16.4. The molecule has 0 saturated heterocycles. The molecule has 0 aromatic carbocycles. The number of hydrogen-bond acceptors (Lipinski definition) is 2. The van der Waals surface area contributed by atoms with Crippen molar-refractivity contribution in [1.82, 2.24) is 4.90 Å². The summed E-state index contributed by atoms with van der Waals surface area (Å²) in [6, 6.07) is 0. The minimum Gasteiger partial charge on any atom is -0.481 e. The third-order valence-electron chi connectivity index (χ3n) is 4.64. The Hall–Kier alpha value is -1.32. The molecule has 0 radical (unpaired) electrons. The zero-order chi connectivity index (χ0) is 18.9. The molecule has 1 atom stereocenters. The molecule has 0 saturated carbocycles. The fraction of sp³-hybridized carbons (Fsp3) is 0.810. The number of aliphatic carboxylic acids is 1. The van der Waals surface area contributed by atoms with Crippen molar-refractivity contribution in [3.8, 4) is 0 Å². The van der Waals surface area contributed by atoms with Gasteiger partial charge < -0.3 is 10.0 Å². The molecule has 25 heavy (non-hydrogen) atoms. The summed E-state index contributed by atoms with van der Waals surface area (Å²) >= 11 is 0. The molecule has 0 aliphatic rings. The molecule has 0 heterocycles. The van der Waals surface area contributed by atoms with Gasteiger partial charge in [0.25, 0.3) is 0 Å². The van der Waals surface area contributed by atoms with Gasteiger partial charge in [-0.15, -0.1) is 0 Å². The van der Waals surface area contributed by atoms with E-state index in [-0.39, 0.29) is 18.2 Å². The SMILES string of the molecule is CCC/C=C/CCCCCCCCC(CC(=O)O)C(=O)N(CC)CC. The third-order valence-corrected chi connectivity index (χ3v) is 4.64. The molecule has 0 bridgehead atoms. The molecule has 1 unspecified atom stereocenters. The highest BCUT2D eigenvalue weighted by molar-refractivity contribution is 5.83. The second kappa shape index (κ2) is 16.2. The van der Waals surface area contributed by atoms with Crippen LogP contribution in [0.1, 0.15) is 91.4 Å². The predicted octanol–water partition coefficient (Wildman–Crippen LogP) is 5.42. The number of carbonyl (C=O) groups is 2. The Morgan fingerprint density at radius 3 is 2.00 bits per heavy atom. The molecule has 0 rings (SSSR count). The molecule has 146 valence electrons. The third kappa shape index (κ3) is 12.7. The summed E-state index contributed by atoms with van der Waals surface area (Å²) in [5.41, 5.74) is 0. The second-order valence-corrected chi connectivity index (χ2v) is 6.76. The van der Waals surface area contributed by atoms with Crippen LogP contribution in [0.25, 0.3) is 0 Å². The van der Waals surface area contributed by atoms with Crippen molar-refractivity contribution in [2.45, 2.75) is 91.4 Å². The first-order valence-corrected chi connectivity index (χ1v) is 10.2. The van der Waals surface area contributed by atoms with E-state index in [1.165, 1.54) is 44.9 Å². The molecule has 0 aromatic heterocycles. The number of carboxylic acids is 1. The first-order chi connectivity index (χ1) is 12.1. The van der Waals surface area contributed by atoms with Crippen molar-refractivity contribution < 1.29 is 14.7 Å². The van der Waals surface area contributed by atoms with E-state index < -0.39 is 5.97 Å². The van der Waals surface area contributed by atoms with E-state index in [9.17, 15) is 9.59 Å². The van der Waals surface area contributed by atoms with Crippen LogP contribution in [0.4, 0.5) is 0 Å². The van der Waals surface area contributed by atoms with Crippen molar-refractivity contribution in [2.75, 3.05) is 13.1 Å². The van der Waals surface area contributed by atoms with Crippen molar-refractivity contribution >= 4 is 11.9 Å². The van der Waals surface area contributed by atoms with E-state index in [2.05, 4.69) is 19.1 Å². The van der Waals surface area contributed by atoms with Gasteiger partial charge in [-0.05, 0) is 39.5 Å². The van der Waals surface area contributed by atoms with E-state index in [0.29, 0.717) is 19.5 Å². The van der Waals surface area contributed by atoms with Gasteiger partial charge in [-0.3, -0.25) is 9.59 Å². The van der Waals surface area contributed by atoms with Gasteiger partial charge in [0.1, 0.15) is 0 Å². The number of unbranched alkanes of at least 4 members (excludes halogenated alkanes) is 7. The van der Waals surface area contributed by atoms with Gasteiger partial charge in [-0.2, -0.15) is 0 Å². The van der Waals surface area contributed by atoms with Crippen LogP contribution in [0.15, 0.2) is 12.2 Å². The van der Waals surface area contributed by atoms with E-state index in [1.54, 1.807) is 4.90 Å². The lowest BCUT2D eigenvalue weighted by molar-refractivity contribution is -0.144. The molecule has 4 heteroatoms. The van der Waals surface area contributed by atoms with Gasteiger partial charge >= 0.3 is 5.97 Å². The molecule has 0 spiro atoms. The average Bonchev–Trinajstić information content (AvgIpc) is 2.59. The molecule has 0 aromatic rings. The van der Waals surface area contributed by atoms with Crippen LogP contribution in [0.3, 0.4) is 0 Å². The summed E-state index contributed by atoms with van der Waals surface area (Å²) in [5.74, 6) is -1.23. The van der Waals surface area contributed by atoms with Gasteiger partial charge in [0.05, 0.1) is 6.42 Å². The van der Waals surface area contributed by atoms with Crippen LogP contribution in [-0.4, -0.2) is 35.0 Å². The lowest BCUT2D eigenvalue weighted by Gasteiger charge is -2.24. The number of allylic oxidation sites excluding steroid dienone is 2. The van der Waals surface area contributed by atoms with Crippen LogP contribution in [-0.2, 0) is 9.59 Å². The summed E-state index contributed by atoms with van der Waals surface area (Å²) in [6.45, 7) is 7.38. The van der Waals surface area contributed by atoms with Crippen LogP contribution >= 0.6 is 0 Å². The molecule has 0 aliphatic carbocycles. The lowest BCUT2D eigenvalue weighted by Crippen LogP contribution is -2.36. The normalized spacial score (nSPS) is 12.4. The Kier molecular flexibility index (Phi) is 15.3. The number of amides is 1. The van der Waals surface area contributed by atoms with Crippen molar-refractivity contribution in [1.29, 1.82) is 0 Å². The fourth-order valence-electron chi connectivity index (χ4n) is 3.08. The molecular weight excluding hydrogens is 314 g/mol. The smallest absolute Gasteiger partial charge is 0.304 e. The van der Waals surface area contributed by atoms with E-state index in [4.69, 9.17) is 5.11 Å². The Morgan fingerprint density at radius 1 is 0.880 bits per heavy atom. The Labute approximate surface area is 154 Å². The maximum absolute atomic E-state index is 12.4. The van der Waals surface area contributed by atoms with E-state index in [0.717, 1.165) is 12.8 Å². The molecule has 4 nitrogen and oxygen atoms in total. The van der Waals surface area contributed by atoms with E-state index in [1.807, 2.05) is 13.8 Å². The second-order valence-electron chi connectivity index (χ2n) is 6.76. The van der Waals surface area contributed by atoms with E-state index >= 15 is 0 Å². The first-order valence-electron chi connectivity index (χ1n) is 10.2. The lowest BCUT2D eigenvalue weighted by atomic mass is 9.95. The maximum atomic E-state index is 12.4. The fourth-order valence-corrected chi connectivity index (χ4v) is 3.08. The maximum Gasteiger partial charge on any atom is 0.304 e. The monoisotopic (exact) mass is 353 g/mol. The number of hydrogen-bond donors (Lipinski definition) is 1. The number of nitrogens with zero attached hydrogens (tertiary/aromatic N) is 1. The average molecular weight is 354 g/mol. The van der Waals surface area contributed by atoms with Gasteiger partial charge in [0.2, 0.25) is 5.91 Å². The van der Waals surface area contributed by atoms with Gasteiger partial charge in [0.15, 0.2) is 0 Å². The molecule has 1 amide bonds. The van der Waals surface area contributed by atoms with Crippen LogP contribution in [0.5, 0.6) is 0 Å². The number of carboxylic acid groups (broad SMARTS) is 1. The predicted molar refractivity (Wildman–Crippen MR) is 105 cm³/mol. The molecule has 0 aliphatic heterocycles. The van der Waals surface area contributed by atoms with Gasteiger partial charge in [-0.1, -0.05) is 57.6 Å². The standard InChI is InChI=1S/C21H39NO3/c1-4-7-8-9-10-11-12-13-14-15-16-17-19(18-20(23)24)21(25)22(5-2)6-3/h8-9,19H,4-7,10-18H2,1-3H3,(H,23,24)/b9-8+. The molecule has 1 N–H and O–H groups in total. The Bertz CT molecular complexity index is 375. The molecule has 0 fully saturated rings. The quantitative estimate of drug-likeness (QED) is 0.297. The Morgan fingerprint density at radius 2 is 1.44 bits per heavy atom. The number of rotatable bonds is 16. The highest BCUT2D eigenvalue weighted by Gasteiger charge is 2.24. The largest absolute Gasteiger partial charge is 0.481 e. The summed E-state index contributed by atoms with van der Waals surface area (Å²) in [6.07, 6.45) is 15.8. The summed E-state index contributed by atoms with van der Waals surface area (Å²) < 4.78 is 0. The van der Waals surface area contributed by atoms with Crippen LogP contribution < -0.4 is 0 Å². The van der Waals surface area contributed by atoms with Gasteiger partial charge in [-0.25, -0.2) is 0 Å². The van der Waals surface area contributed by atoms with Crippen LogP contribution in [0, 0.1) is 5.92 Å². The minimum atomic E-state index is -0.873. The Balaban J connectivity index is 3.91. The zero-order valence-electron chi connectivity index (χ0n) is 16.6. The zero-order valence-corrected chi connectivity index (χ0v) is 16.6. The molecular formula is C21H39NO3. The minimum absolute atomic E-state index is 0.00580. The van der Waals surface area contributed by atoms with Gasteiger partial charge in [0, 0.05) is 19.0 Å².